The van der Waals surface area contributed by atoms with Crippen LogP contribution in [0, 0.1) is 0 Å². The second kappa shape index (κ2) is 58.0. The molecule has 12 nitrogen and oxygen atoms in total. The van der Waals surface area contributed by atoms with Crippen LogP contribution >= 0.6 is 0 Å². The predicted octanol–water partition coefficient (Wildman–Crippen LogP) is 18.0. The molecule has 1 aliphatic heterocycles. The van der Waals surface area contributed by atoms with Gasteiger partial charge in [-0.1, -0.05) is 234 Å². The maximum atomic E-state index is 13.2. The normalized spacial score (nSPS) is 18.2. The molecule has 0 bridgehead atoms. The first-order chi connectivity index (χ1) is 40.6. The largest absolute Gasteiger partial charge is 0.479 e. The number of esters is 3. The van der Waals surface area contributed by atoms with Crippen molar-refractivity contribution in [2.75, 3.05) is 13.2 Å². The first-order valence-electron chi connectivity index (χ1n) is 33.2. The lowest BCUT2D eigenvalue weighted by Gasteiger charge is -2.40. The number of carbonyl (C=O) groups is 4. The summed E-state index contributed by atoms with van der Waals surface area (Å²) in [6.07, 6.45) is 64.9. The number of carboxylic acid groups (broad SMARTS) is 1. The molecule has 1 fully saturated rings. The van der Waals surface area contributed by atoms with Crippen molar-refractivity contribution in [3.05, 3.63) is 97.2 Å². The summed E-state index contributed by atoms with van der Waals surface area (Å²) < 4.78 is 28.5. The van der Waals surface area contributed by atoms with Crippen LogP contribution in [0.1, 0.15) is 278 Å². The summed E-state index contributed by atoms with van der Waals surface area (Å²) in [6, 6.07) is 0. The van der Waals surface area contributed by atoms with Crippen LogP contribution in [0.15, 0.2) is 97.2 Å². The van der Waals surface area contributed by atoms with E-state index in [2.05, 4.69) is 118 Å². The molecule has 0 aromatic rings. The monoisotopic (exact) mass is 1160 g/mol. The maximum Gasteiger partial charge on any atom is 0.335 e. The van der Waals surface area contributed by atoms with Crippen molar-refractivity contribution >= 4 is 23.9 Å². The number of carbonyl (C=O) groups excluding carboxylic acids is 3. The summed E-state index contributed by atoms with van der Waals surface area (Å²) in [5.41, 5.74) is 0. The van der Waals surface area contributed by atoms with Gasteiger partial charge >= 0.3 is 23.9 Å². The van der Waals surface area contributed by atoms with Gasteiger partial charge in [0.15, 0.2) is 24.6 Å². The van der Waals surface area contributed by atoms with Crippen molar-refractivity contribution in [1.29, 1.82) is 0 Å². The molecule has 1 rings (SSSR count). The van der Waals surface area contributed by atoms with E-state index in [1.54, 1.807) is 0 Å². The Morgan fingerprint density at radius 2 is 0.759 bits per heavy atom. The minimum absolute atomic E-state index is 0.0492. The van der Waals surface area contributed by atoms with Gasteiger partial charge in [0.25, 0.3) is 0 Å². The number of unbranched alkanes of at least 4 members (excludes halogenated alkanes) is 26. The fraction of sp³-hybridized carbons (Fsp3) is 0.718. The minimum Gasteiger partial charge on any atom is -0.479 e. The number of aliphatic carboxylic acids is 1. The summed E-state index contributed by atoms with van der Waals surface area (Å²) in [6.45, 7) is 5.83. The van der Waals surface area contributed by atoms with Gasteiger partial charge in [0.2, 0.25) is 0 Å². The molecule has 1 saturated heterocycles. The minimum atomic E-state index is -1.91. The number of hydrogen-bond donors (Lipinski definition) is 3. The predicted molar refractivity (Wildman–Crippen MR) is 340 cm³/mol. The molecule has 0 radical (unpaired) electrons. The Hall–Kier alpha value is -4.36. The second-order valence-electron chi connectivity index (χ2n) is 22.4. The third kappa shape index (κ3) is 47.6. The molecule has 1 aliphatic rings. The molecule has 6 atom stereocenters. The Bertz CT molecular complexity index is 1810. The van der Waals surface area contributed by atoms with Crippen molar-refractivity contribution in [2.45, 2.75) is 314 Å². The van der Waals surface area contributed by atoms with E-state index in [9.17, 15) is 34.5 Å². The number of hydrogen-bond acceptors (Lipinski definition) is 11. The van der Waals surface area contributed by atoms with Gasteiger partial charge < -0.3 is 39.0 Å². The molecule has 3 N–H and O–H groups in total. The molecule has 1 heterocycles. The molecule has 12 heteroatoms. The fourth-order valence-electron chi connectivity index (χ4n) is 9.54. The number of aliphatic hydroxyl groups is 2. The first-order valence-corrected chi connectivity index (χ1v) is 33.2. The molecule has 0 saturated carbocycles. The van der Waals surface area contributed by atoms with Crippen molar-refractivity contribution in [3.8, 4) is 0 Å². The van der Waals surface area contributed by atoms with E-state index < -0.39 is 67.3 Å². The molecular weight excluding hydrogens is 1040 g/mol. The molecule has 0 aromatic heterocycles. The lowest BCUT2D eigenvalue weighted by molar-refractivity contribution is -0.301. The van der Waals surface area contributed by atoms with E-state index in [4.69, 9.17) is 23.7 Å². The van der Waals surface area contributed by atoms with Gasteiger partial charge in [-0.15, -0.1) is 0 Å². The van der Waals surface area contributed by atoms with Crippen LogP contribution in [0.2, 0.25) is 0 Å². The Labute approximate surface area is 504 Å². The molecule has 6 unspecified atom stereocenters. The highest BCUT2D eigenvalue weighted by Crippen LogP contribution is 2.27. The zero-order valence-corrected chi connectivity index (χ0v) is 52.4. The standard InChI is InChI=1S/C71H118O12/c1-4-7-10-13-16-19-22-25-28-30-32-34-37-39-42-45-48-51-54-57-63(72)79-60-62(81-64(73)58-55-52-49-46-43-40-36-27-24-21-18-15-12-9-6-3)61-80-71-69(67(76)66(75)68(83-71)70(77)78)82-65(74)59-56-53-50-47-44-41-38-35-33-31-29-26-23-20-17-14-11-8-5-2/h7,10,16-21,25-29,32,34,36,62,66-69,71,75-76H,4-6,8-9,11-15,22-24,30-31,33,35,37-61H2,1-3H3,(H,77,78)/b10-7-,19-16-,20-17-,21-18-,28-25-,29-26-,34-32-,36-27-. The summed E-state index contributed by atoms with van der Waals surface area (Å²) in [7, 11) is 0. The van der Waals surface area contributed by atoms with Crippen LogP contribution in [0.4, 0.5) is 0 Å². The smallest absolute Gasteiger partial charge is 0.335 e. The molecular formula is C71H118O12. The van der Waals surface area contributed by atoms with E-state index in [-0.39, 0.29) is 25.9 Å². The van der Waals surface area contributed by atoms with E-state index >= 15 is 0 Å². The lowest BCUT2D eigenvalue weighted by Crippen LogP contribution is -2.61. The SMILES string of the molecule is CC/C=C\C/C=C\C/C=C\C/C=C\CCCCCCCCC(=O)OCC(COC1OC(C(=O)O)C(O)C(O)C1OC(=O)CCCCCCCCCCC/C=C\C/C=C\CCCCC)OC(=O)CCCCCCC/C=C\C/C=C\CCCCC. The molecule has 0 aromatic carbocycles. The average molecular weight is 1160 g/mol. The topological polar surface area (TPSA) is 175 Å². The van der Waals surface area contributed by atoms with Gasteiger partial charge in [-0.2, -0.15) is 0 Å². The Morgan fingerprint density at radius 3 is 1.16 bits per heavy atom. The van der Waals surface area contributed by atoms with E-state index in [0.29, 0.717) is 19.3 Å². The molecule has 474 valence electrons. The summed E-state index contributed by atoms with van der Waals surface area (Å²) in [4.78, 5) is 51.4. The van der Waals surface area contributed by atoms with Gasteiger partial charge in [-0.3, -0.25) is 14.4 Å². The Morgan fingerprint density at radius 1 is 0.410 bits per heavy atom. The van der Waals surface area contributed by atoms with Crippen LogP contribution in [0.25, 0.3) is 0 Å². The zero-order valence-electron chi connectivity index (χ0n) is 52.4. The number of ether oxygens (including phenoxy) is 5. The second-order valence-corrected chi connectivity index (χ2v) is 22.4. The third-order valence-electron chi connectivity index (χ3n) is 14.6. The third-order valence-corrected chi connectivity index (χ3v) is 14.6. The average Bonchev–Trinajstić information content (AvgIpc) is 3.57. The van der Waals surface area contributed by atoms with Crippen LogP contribution in [-0.4, -0.2) is 89.2 Å². The highest BCUT2D eigenvalue weighted by atomic mass is 16.7. The van der Waals surface area contributed by atoms with E-state index in [0.717, 1.165) is 148 Å². The fourth-order valence-corrected chi connectivity index (χ4v) is 9.54. The highest BCUT2D eigenvalue weighted by Gasteiger charge is 2.50. The quantitative estimate of drug-likeness (QED) is 0.0228. The van der Waals surface area contributed by atoms with Crippen molar-refractivity contribution in [2.24, 2.45) is 0 Å². The van der Waals surface area contributed by atoms with Crippen molar-refractivity contribution < 1.29 is 58.2 Å². The Kier molecular flexibility index (Phi) is 53.6. The number of carboxylic acids is 1. The van der Waals surface area contributed by atoms with Crippen LogP contribution in [0.5, 0.6) is 0 Å². The van der Waals surface area contributed by atoms with Crippen LogP contribution in [-0.2, 0) is 42.9 Å². The molecule has 0 amide bonds. The van der Waals surface area contributed by atoms with Gasteiger partial charge in [0.1, 0.15) is 18.8 Å². The summed E-state index contributed by atoms with van der Waals surface area (Å²) in [5, 5.41) is 31.6. The van der Waals surface area contributed by atoms with E-state index in [1.807, 2.05) is 0 Å². The van der Waals surface area contributed by atoms with Crippen molar-refractivity contribution in [3.63, 3.8) is 0 Å². The first kappa shape index (κ1) is 76.7. The van der Waals surface area contributed by atoms with Crippen LogP contribution in [0.3, 0.4) is 0 Å². The van der Waals surface area contributed by atoms with E-state index in [1.165, 1.54) is 70.6 Å². The number of rotatable bonds is 56. The number of aliphatic hydroxyl groups excluding tert-OH is 2. The van der Waals surface area contributed by atoms with Crippen LogP contribution < -0.4 is 0 Å². The highest BCUT2D eigenvalue weighted by molar-refractivity contribution is 5.74. The summed E-state index contributed by atoms with van der Waals surface area (Å²) in [5.74, 6) is -3.16. The van der Waals surface area contributed by atoms with Crippen molar-refractivity contribution in [1.82, 2.24) is 0 Å². The Balaban J connectivity index is 2.66. The zero-order chi connectivity index (χ0) is 60.3. The van der Waals surface area contributed by atoms with Gasteiger partial charge in [0.05, 0.1) is 6.61 Å². The van der Waals surface area contributed by atoms with Gasteiger partial charge in [-0.25, -0.2) is 4.79 Å². The maximum absolute atomic E-state index is 13.2. The molecule has 0 spiro atoms. The summed E-state index contributed by atoms with van der Waals surface area (Å²) >= 11 is 0. The number of allylic oxidation sites excluding steroid dienone is 16. The molecule has 83 heavy (non-hydrogen) atoms. The molecule has 0 aliphatic carbocycles. The van der Waals surface area contributed by atoms with Gasteiger partial charge in [0, 0.05) is 19.3 Å². The van der Waals surface area contributed by atoms with Gasteiger partial charge in [-0.05, 0) is 122 Å². The lowest BCUT2D eigenvalue weighted by atomic mass is 9.98.